The van der Waals surface area contributed by atoms with Crippen molar-refractivity contribution in [3.63, 3.8) is 0 Å². The molecule has 39 heavy (non-hydrogen) atoms. The average molecular weight is 564 g/mol. The molecule has 4 aromatic rings. The lowest BCUT2D eigenvalue weighted by atomic mass is 10.0. The summed E-state index contributed by atoms with van der Waals surface area (Å²) < 4.78 is 11.7. The van der Waals surface area contributed by atoms with Gasteiger partial charge in [0.1, 0.15) is 24.7 Å². The van der Waals surface area contributed by atoms with Crippen LogP contribution >= 0.6 is 22.9 Å². The second-order valence-corrected chi connectivity index (χ2v) is 11.0. The molecule has 202 valence electrons. The zero-order valence-electron chi connectivity index (χ0n) is 21.9. The Hall–Kier alpha value is -3.75. The fourth-order valence-electron chi connectivity index (χ4n) is 4.64. The number of thiophene rings is 1. The number of carbonyl (C=O) groups is 2. The molecule has 0 bridgehead atoms. The average Bonchev–Trinajstić information content (AvgIpc) is 3.62. The van der Waals surface area contributed by atoms with E-state index in [1.54, 1.807) is 29.7 Å². The number of aryl methyl sites for hydroxylation is 2. The summed E-state index contributed by atoms with van der Waals surface area (Å²) in [6, 6.07) is 18.1. The van der Waals surface area contributed by atoms with Crippen molar-refractivity contribution in [3.8, 4) is 5.75 Å². The van der Waals surface area contributed by atoms with Gasteiger partial charge in [0.15, 0.2) is 0 Å². The van der Waals surface area contributed by atoms with Crippen molar-refractivity contribution < 1.29 is 18.7 Å². The number of nitrogens with zero attached hydrogens (tertiary/aromatic N) is 2. The number of rotatable bonds is 8. The number of ether oxygens (including phenoxy) is 1. The lowest BCUT2D eigenvalue weighted by molar-refractivity contribution is -0.135. The number of hydrogen-bond donors (Lipinski definition) is 1. The Morgan fingerprint density at radius 1 is 1.15 bits per heavy atom. The Morgan fingerprint density at radius 2 is 1.97 bits per heavy atom. The van der Waals surface area contributed by atoms with Gasteiger partial charge in [0.25, 0.3) is 0 Å². The molecule has 1 unspecified atom stereocenters. The molecule has 1 atom stereocenters. The molecule has 0 aliphatic carbocycles. The van der Waals surface area contributed by atoms with Crippen molar-refractivity contribution in [3.05, 3.63) is 105 Å². The van der Waals surface area contributed by atoms with Crippen LogP contribution in [0.5, 0.6) is 5.75 Å². The number of carbonyl (C=O) groups excluding carboxylic acids is 2. The maximum absolute atomic E-state index is 13.8. The van der Waals surface area contributed by atoms with E-state index in [2.05, 4.69) is 16.8 Å². The number of hydrogen-bond acceptors (Lipinski definition) is 5. The third-order valence-corrected chi connectivity index (χ3v) is 8.22. The van der Waals surface area contributed by atoms with Gasteiger partial charge in [-0.2, -0.15) is 0 Å². The number of benzene rings is 2. The van der Waals surface area contributed by atoms with E-state index >= 15 is 0 Å². The molecule has 0 saturated carbocycles. The van der Waals surface area contributed by atoms with Crippen LogP contribution in [0, 0.1) is 13.8 Å². The van der Waals surface area contributed by atoms with Crippen molar-refractivity contribution >= 4 is 40.6 Å². The number of fused-ring (bicyclic) bond motifs is 1. The summed E-state index contributed by atoms with van der Waals surface area (Å²) in [5.41, 5.74) is 3.77. The Kier molecular flexibility index (Phi) is 8.24. The van der Waals surface area contributed by atoms with Gasteiger partial charge >= 0.3 is 6.03 Å². The number of urea groups is 1. The lowest BCUT2D eigenvalue weighted by Gasteiger charge is -2.37. The first kappa shape index (κ1) is 26.8. The third-order valence-electron chi connectivity index (χ3n) is 6.80. The predicted octanol–water partition coefficient (Wildman–Crippen LogP) is 6.85. The number of amides is 3. The van der Waals surface area contributed by atoms with E-state index < -0.39 is 0 Å². The molecule has 9 heteroatoms. The molecule has 2 aromatic heterocycles. The molecule has 1 N–H and O–H groups in total. The summed E-state index contributed by atoms with van der Waals surface area (Å²) in [5.74, 6) is 1.14. The van der Waals surface area contributed by atoms with Crippen molar-refractivity contribution in [2.24, 2.45) is 0 Å². The summed E-state index contributed by atoms with van der Waals surface area (Å²) in [6.07, 6.45) is 2.32. The quantitative estimate of drug-likeness (QED) is 0.254. The number of nitrogens with one attached hydrogen (secondary N) is 1. The summed E-state index contributed by atoms with van der Waals surface area (Å²) >= 11 is 7.87. The van der Waals surface area contributed by atoms with Gasteiger partial charge in [-0.3, -0.25) is 4.79 Å². The van der Waals surface area contributed by atoms with Gasteiger partial charge in [-0.15, -0.1) is 11.3 Å². The van der Waals surface area contributed by atoms with E-state index in [1.807, 2.05) is 61.2 Å². The van der Waals surface area contributed by atoms with E-state index in [-0.39, 0.29) is 31.1 Å². The van der Waals surface area contributed by atoms with E-state index in [0.717, 1.165) is 23.1 Å². The minimum atomic E-state index is -0.374. The fraction of sp³-hybridized carbons (Fsp3) is 0.267. The van der Waals surface area contributed by atoms with Crippen molar-refractivity contribution in [1.29, 1.82) is 0 Å². The molecule has 3 heterocycles. The van der Waals surface area contributed by atoms with Crippen LogP contribution in [0.3, 0.4) is 0 Å². The zero-order chi connectivity index (χ0) is 27.4. The van der Waals surface area contributed by atoms with Crippen molar-refractivity contribution in [2.45, 2.75) is 32.9 Å². The molecule has 1 aliphatic rings. The molecule has 7 nitrogen and oxygen atoms in total. The normalized spacial score (nSPS) is 14.5. The van der Waals surface area contributed by atoms with Gasteiger partial charge in [0, 0.05) is 22.1 Å². The summed E-state index contributed by atoms with van der Waals surface area (Å²) in [6.45, 7) is 4.82. The van der Waals surface area contributed by atoms with Crippen molar-refractivity contribution in [2.75, 3.05) is 25.0 Å². The maximum atomic E-state index is 13.8. The van der Waals surface area contributed by atoms with Crippen LogP contribution in [0.1, 0.15) is 33.4 Å². The number of furan rings is 1. The number of anilines is 1. The van der Waals surface area contributed by atoms with Gasteiger partial charge in [-0.1, -0.05) is 29.3 Å². The first-order valence-electron chi connectivity index (χ1n) is 12.8. The van der Waals surface area contributed by atoms with Crippen LogP contribution < -0.4 is 10.1 Å². The van der Waals surface area contributed by atoms with Crippen LogP contribution in [0.4, 0.5) is 10.5 Å². The molecule has 0 radical (unpaired) electrons. The second-order valence-electron chi connectivity index (χ2n) is 9.61. The van der Waals surface area contributed by atoms with E-state index in [9.17, 15) is 9.59 Å². The molecule has 5 rings (SSSR count). The Labute approximate surface area is 236 Å². The maximum Gasteiger partial charge on any atom is 0.322 e. The molecule has 1 aliphatic heterocycles. The lowest BCUT2D eigenvalue weighted by Crippen LogP contribution is -2.48. The first-order valence-corrected chi connectivity index (χ1v) is 14.0. The molecule has 0 spiro atoms. The minimum absolute atomic E-state index is 0.103. The van der Waals surface area contributed by atoms with E-state index in [0.29, 0.717) is 35.4 Å². The second kappa shape index (κ2) is 12.0. The van der Waals surface area contributed by atoms with Crippen molar-refractivity contribution in [1.82, 2.24) is 9.80 Å². The van der Waals surface area contributed by atoms with Gasteiger partial charge in [0.05, 0.1) is 18.8 Å². The molecular weight excluding hydrogens is 534 g/mol. The summed E-state index contributed by atoms with van der Waals surface area (Å²) in [7, 11) is 0. The highest BCUT2D eigenvalue weighted by molar-refractivity contribution is 7.10. The standard InChI is InChI=1S/C30H30ClN3O4S/c1-20-5-7-22(8-6-20)32-30(36)33(17-24-4-3-14-37-24)18-29(35)34-13-11-28-25(12-15-39-28)27(34)19-38-23-9-10-26(31)21(2)16-23/h3-10,12,14-16,27H,11,13,17-19H2,1-2H3,(H,32,36). The predicted molar refractivity (Wildman–Crippen MR) is 153 cm³/mol. The highest BCUT2D eigenvalue weighted by Gasteiger charge is 2.33. The highest BCUT2D eigenvalue weighted by Crippen LogP contribution is 2.34. The SMILES string of the molecule is Cc1ccc(NC(=O)N(CC(=O)N2CCc3sccc3C2COc2ccc(Cl)c(C)c2)Cc2ccco2)cc1. The molecular formula is C30H30ClN3O4S. The monoisotopic (exact) mass is 563 g/mol. The first-order chi connectivity index (χ1) is 18.9. The van der Waals surface area contributed by atoms with Crippen LogP contribution in [-0.2, 0) is 17.8 Å². The van der Waals surface area contributed by atoms with Crippen LogP contribution in [0.25, 0.3) is 0 Å². The van der Waals surface area contributed by atoms with E-state index in [4.69, 9.17) is 20.8 Å². The van der Waals surface area contributed by atoms with Gasteiger partial charge < -0.3 is 24.3 Å². The highest BCUT2D eigenvalue weighted by atomic mass is 35.5. The van der Waals surface area contributed by atoms with E-state index in [1.165, 1.54) is 9.78 Å². The fourth-order valence-corrected chi connectivity index (χ4v) is 5.69. The van der Waals surface area contributed by atoms with Gasteiger partial charge in [0.2, 0.25) is 5.91 Å². The Bertz CT molecular complexity index is 1430. The molecule has 0 fully saturated rings. The largest absolute Gasteiger partial charge is 0.491 e. The van der Waals surface area contributed by atoms with Gasteiger partial charge in [-0.05, 0) is 85.3 Å². The number of halogens is 1. The van der Waals surface area contributed by atoms with Crippen LogP contribution in [-0.4, -0.2) is 41.4 Å². The Balaban J connectivity index is 1.34. The molecule has 3 amide bonds. The smallest absolute Gasteiger partial charge is 0.322 e. The summed E-state index contributed by atoms with van der Waals surface area (Å²) in [5, 5.41) is 5.64. The zero-order valence-corrected chi connectivity index (χ0v) is 23.4. The van der Waals surface area contributed by atoms with Crippen LogP contribution in [0.15, 0.2) is 76.7 Å². The van der Waals surface area contributed by atoms with Crippen LogP contribution in [0.2, 0.25) is 5.02 Å². The van der Waals surface area contributed by atoms with Gasteiger partial charge in [-0.25, -0.2) is 4.79 Å². The topological polar surface area (TPSA) is 75.0 Å². The summed E-state index contributed by atoms with van der Waals surface area (Å²) in [4.78, 5) is 31.7. The molecule has 0 saturated heterocycles. The molecule has 2 aromatic carbocycles. The minimum Gasteiger partial charge on any atom is -0.491 e. The third kappa shape index (κ3) is 6.46. The Morgan fingerprint density at radius 3 is 2.72 bits per heavy atom.